The van der Waals surface area contributed by atoms with Gasteiger partial charge in [-0.25, -0.2) is 0 Å². The molecule has 6 nitrogen and oxygen atoms in total. The van der Waals surface area contributed by atoms with Gasteiger partial charge in [-0.3, -0.25) is 14.5 Å². The number of rotatable bonds is 5. The first-order chi connectivity index (χ1) is 16.2. The van der Waals surface area contributed by atoms with Crippen molar-refractivity contribution in [3.05, 3.63) is 108 Å². The number of carbonyl (C=O) groups excluding carboxylic acids is 2. The number of nitrogens with zero attached hydrogens (tertiary/aromatic N) is 3. The van der Waals surface area contributed by atoms with Crippen LogP contribution in [0.25, 0.3) is 5.69 Å². The molecular weight excluding hydrogens is 414 g/mol. The second-order valence-electron chi connectivity index (χ2n) is 8.51. The van der Waals surface area contributed by atoms with Crippen molar-refractivity contribution < 1.29 is 14.0 Å². The molecule has 0 saturated heterocycles. The fourth-order valence-corrected chi connectivity index (χ4v) is 4.73. The summed E-state index contributed by atoms with van der Waals surface area (Å²) in [6.45, 7) is 0.00256. The topological polar surface area (TPSA) is 58.7 Å². The van der Waals surface area contributed by atoms with Crippen molar-refractivity contribution in [1.82, 2.24) is 9.47 Å². The molecule has 0 radical (unpaired) electrons. The minimum atomic E-state index is -0.289. The van der Waals surface area contributed by atoms with Crippen LogP contribution in [0.15, 0.2) is 95.7 Å². The summed E-state index contributed by atoms with van der Waals surface area (Å²) in [5, 5.41) is 0. The molecule has 6 rings (SSSR count). The molecule has 0 bridgehead atoms. The maximum absolute atomic E-state index is 14.0. The summed E-state index contributed by atoms with van der Waals surface area (Å²) in [4.78, 5) is 30.6. The minimum Gasteiger partial charge on any atom is -0.459 e. The van der Waals surface area contributed by atoms with Crippen LogP contribution in [-0.4, -0.2) is 33.9 Å². The van der Waals surface area contributed by atoms with E-state index in [1.807, 2.05) is 71.8 Å². The summed E-state index contributed by atoms with van der Waals surface area (Å²) < 4.78 is 7.49. The number of aromatic nitrogens is 1. The van der Waals surface area contributed by atoms with E-state index in [1.54, 1.807) is 17.0 Å². The van der Waals surface area contributed by atoms with Crippen LogP contribution in [0, 0.1) is 0 Å². The second-order valence-corrected chi connectivity index (χ2v) is 8.51. The molecule has 4 aromatic rings. The molecule has 2 aliphatic rings. The maximum atomic E-state index is 14.0. The van der Waals surface area contributed by atoms with Gasteiger partial charge in [-0.1, -0.05) is 42.5 Å². The van der Waals surface area contributed by atoms with Crippen molar-refractivity contribution in [2.75, 3.05) is 11.4 Å². The number of benzene rings is 2. The van der Waals surface area contributed by atoms with Gasteiger partial charge in [-0.2, -0.15) is 0 Å². The molecule has 1 fully saturated rings. The fraction of sp³-hybridized carbons (Fsp3) is 0.185. The minimum absolute atomic E-state index is 0.00256. The van der Waals surface area contributed by atoms with E-state index in [0.717, 1.165) is 35.5 Å². The van der Waals surface area contributed by atoms with Crippen LogP contribution >= 0.6 is 0 Å². The summed E-state index contributed by atoms with van der Waals surface area (Å²) in [7, 11) is 0. The van der Waals surface area contributed by atoms with Crippen molar-refractivity contribution >= 4 is 17.5 Å². The lowest BCUT2D eigenvalue weighted by molar-refractivity contribution is -0.119. The Balaban J connectivity index is 1.42. The largest absolute Gasteiger partial charge is 0.459 e. The number of carbonyl (C=O) groups is 2. The second kappa shape index (κ2) is 7.81. The van der Waals surface area contributed by atoms with Gasteiger partial charge in [0.2, 0.25) is 5.91 Å². The van der Waals surface area contributed by atoms with Gasteiger partial charge >= 0.3 is 0 Å². The third-order valence-corrected chi connectivity index (χ3v) is 6.39. The Bertz CT molecular complexity index is 1310. The third kappa shape index (κ3) is 3.35. The highest BCUT2D eigenvalue weighted by Gasteiger charge is 2.40. The van der Waals surface area contributed by atoms with Crippen molar-refractivity contribution in [3.63, 3.8) is 0 Å². The standard InChI is InChI=1S/C27H23N3O3/c31-25(18-29(20-14-15-20)27(32)24-13-7-17-33-24)30-22-11-5-4-10-21(22)28-16-6-12-23(28)26(30)19-8-2-1-3-9-19/h1-13,16-17,20,26H,14-15,18H2. The Morgan fingerprint density at radius 1 is 0.879 bits per heavy atom. The van der Waals surface area contributed by atoms with Crippen molar-refractivity contribution in [2.45, 2.75) is 24.9 Å². The summed E-state index contributed by atoms with van der Waals surface area (Å²) >= 11 is 0. The molecule has 2 aromatic carbocycles. The van der Waals surface area contributed by atoms with E-state index in [4.69, 9.17) is 4.42 Å². The predicted molar refractivity (Wildman–Crippen MR) is 124 cm³/mol. The first-order valence-electron chi connectivity index (χ1n) is 11.2. The van der Waals surface area contributed by atoms with E-state index in [9.17, 15) is 9.59 Å². The van der Waals surface area contributed by atoms with E-state index in [2.05, 4.69) is 10.6 Å². The molecule has 1 saturated carbocycles. The summed E-state index contributed by atoms with van der Waals surface area (Å²) in [5.74, 6) is -0.0847. The molecule has 1 atom stereocenters. The molecular formula is C27H23N3O3. The van der Waals surface area contributed by atoms with E-state index in [1.165, 1.54) is 6.26 Å². The number of hydrogen-bond donors (Lipinski definition) is 0. The molecule has 1 aliphatic heterocycles. The maximum Gasteiger partial charge on any atom is 0.290 e. The monoisotopic (exact) mass is 437 g/mol. The number of para-hydroxylation sites is 2. The molecule has 1 aliphatic carbocycles. The molecule has 0 N–H and O–H groups in total. The lowest BCUT2D eigenvalue weighted by Gasteiger charge is -2.39. The third-order valence-electron chi connectivity index (χ3n) is 6.39. The van der Waals surface area contributed by atoms with Crippen LogP contribution in [0.1, 0.15) is 40.7 Å². The lowest BCUT2D eigenvalue weighted by Crippen LogP contribution is -2.47. The van der Waals surface area contributed by atoms with E-state index in [-0.39, 0.29) is 36.2 Å². The Morgan fingerprint density at radius 2 is 1.64 bits per heavy atom. The van der Waals surface area contributed by atoms with Crippen LogP contribution < -0.4 is 4.90 Å². The molecule has 3 heterocycles. The quantitative estimate of drug-likeness (QED) is 0.450. The molecule has 164 valence electrons. The van der Waals surface area contributed by atoms with E-state index >= 15 is 0 Å². The van der Waals surface area contributed by atoms with Gasteiger partial charge in [0.1, 0.15) is 12.6 Å². The zero-order valence-corrected chi connectivity index (χ0v) is 18.0. The van der Waals surface area contributed by atoms with Crippen LogP contribution in [0.3, 0.4) is 0 Å². The Kier molecular flexibility index (Phi) is 4.64. The van der Waals surface area contributed by atoms with Crippen LogP contribution in [0.4, 0.5) is 5.69 Å². The SMILES string of the molecule is O=C(c1ccco1)N(CC(=O)N1c2ccccc2-n2cccc2C1c1ccccc1)C1CC1. The Labute approximate surface area is 191 Å². The fourth-order valence-electron chi connectivity index (χ4n) is 4.73. The van der Waals surface area contributed by atoms with E-state index in [0.29, 0.717) is 0 Å². The summed E-state index contributed by atoms with van der Waals surface area (Å²) in [6.07, 6.45) is 5.33. The average molecular weight is 437 g/mol. The van der Waals surface area contributed by atoms with Crippen LogP contribution in [0.2, 0.25) is 0 Å². The first kappa shape index (κ1) is 19.6. The van der Waals surface area contributed by atoms with Crippen molar-refractivity contribution in [2.24, 2.45) is 0 Å². The number of amides is 2. The summed E-state index contributed by atoms with van der Waals surface area (Å²) in [5.41, 5.74) is 3.83. The highest BCUT2D eigenvalue weighted by molar-refractivity contribution is 6.02. The van der Waals surface area contributed by atoms with Crippen molar-refractivity contribution in [1.29, 1.82) is 0 Å². The number of anilines is 1. The molecule has 1 unspecified atom stereocenters. The average Bonchev–Trinajstić information content (AvgIpc) is 3.32. The molecule has 6 heteroatoms. The Morgan fingerprint density at radius 3 is 2.36 bits per heavy atom. The van der Waals surface area contributed by atoms with Gasteiger partial charge in [0.25, 0.3) is 5.91 Å². The highest BCUT2D eigenvalue weighted by Crippen LogP contribution is 2.42. The smallest absolute Gasteiger partial charge is 0.290 e. The van der Waals surface area contributed by atoms with Crippen LogP contribution in [-0.2, 0) is 4.79 Å². The summed E-state index contributed by atoms with van der Waals surface area (Å²) in [6, 6.07) is 25.2. The van der Waals surface area contributed by atoms with Gasteiger partial charge < -0.3 is 13.9 Å². The zero-order valence-electron chi connectivity index (χ0n) is 18.0. The first-order valence-corrected chi connectivity index (χ1v) is 11.2. The zero-order chi connectivity index (χ0) is 22.4. The lowest BCUT2D eigenvalue weighted by atomic mass is 9.97. The van der Waals surface area contributed by atoms with Gasteiger partial charge in [-0.15, -0.1) is 0 Å². The van der Waals surface area contributed by atoms with Gasteiger partial charge in [-0.05, 0) is 54.8 Å². The van der Waals surface area contributed by atoms with Crippen LogP contribution in [0.5, 0.6) is 0 Å². The number of furan rings is 1. The normalized spacial score (nSPS) is 16.7. The van der Waals surface area contributed by atoms with Gasteiger partial charge in [0.15, 0.2) is 5.76 Å². The number of fused-ring (bicyclic) bond motifs is 3. The molecule has 2 aromatic heterocycles. The predicted octanol–water partition coefficient (Wildman–Crippen LogP) is 4.81. The Hall–Kier alpha value is -4.06. The molecule has 0 spiro atoms. The van der Waals surface area contributed by atoms with Gasteiger partial charge in [0, 0.05) is 12.2 Å². The molecule has 2 amide bonds. The van der Waals surface area contributed by atoms with Gasteiger partial charge in [0.05, 0.1) is 23.3 Å². The van der Waals surface area contributed by atoms with E-state index < -0.39 is 0 Å². The molecule has 33 heavy (non-hydrogen) atoms. The number of hydrogen-bond acceptors (Lipinski definition) is 3. The van der Waals surface area contributed by atoms with Crippen molar-refractivity contribution in [3.8, 4) is 5.69 Å². The highest BCUT2D eigenvalue weighted by atomic mass is 16.3.